The van der Waals surface area contributed by atoms with Gasteiger partial charge < -0.3 is 15.2 Å². The van der Waals surface area contributed by atoms with Crippen molar-refractivity contribution in [2.24, 2.45) is 5.92 Å². The lowest BCUT2D eigenvalue weighted by molar-refractivity contribution is -0.144. The van der Waals surface area contributed by atoms with E-state index < -0.39 is 11.5 Å². The third kappa shape index (κ3) is 6.36. The third-order valence-corrected chi connectivity index (χ3v) is 3.75. The van der Waals surface area contributed by atoms with Gasteiger partial charge in [0.2, 0.25) is 0 Å². The van der Waals surface area contributed by atoms with E-state index in [4.69, 9.17) is 9.84 Å². The molecular formula is C14H29NO3. The van der Waals surface area contributed by atoms with Crippen LogP contribution in [0.1, 0.15) is 52.9 Å². The van der Waals surface area contributed by atoms with Crippen LogP contribution in [0, 0.1) is 5.92 Å². The monoisotopic (exact) mass is 259 g/mol. The van der Waals surface area contributed by atoms with E-state index in [-0.39, 0.29) is 0 Å². The molecule has 0 amide bonds. The Hall–Kier alpha value is -0.610. The van der Waals surface area contributed by atoms with Gasteiger partial charge in [-0.1, -0.05) is 26.7 Å². The molecule has 0 saturated heterocycles. The summed E-state index contributed by atoms with van der Waals surface area (Å²) in [6.07, 6.45) is 4.74. The van der Waals surface area contributed by atoms with Gasteiger partial charge >= 0.3 is 5.97 Å². The highest BCUT2D eigenvalue weighted by Gasteiger charge is 2.29. The van der Waals surface area contributed by atoms with Crippen molar-refractivity contribution < 1.29 is 14.6 Å². The van der Waals surface area contributed by atoms with Crippen molar-refractivity contribution in [2.75, 3.05) is 20.3 Å². The summed E-state index contributed by atoms with van der Waals surface area (Å²) < 4.78 is 5.62. The molecule has 0 fully saturated rings. The maximum absolute atomic E-state index is 11.0. The molecule has 0 aromatic heterocycles. The summed E-state index contributed by atoms with van der Waals surface area (Å²) >= 11 is 0. The van der Waals surface area contributed by atoms with E-state index in [0.717, 1.165) is 38.9 Å². The lowest BCUT2D eigenvalue weighted by Gasteiger charge is -2.23. The first kappa shape index (κ1) is 17.4. The first-order chi connectivity index (χ1) is 8.50. The second-order valence-corrected chi connectivity index (χ2v) is 5.10. The molecule has 0 aliphatic heterocycles. The molecule has 4 nitrogen and oxygen atoms in total. The highest BCUT2D eigenvalue weighted by Crippen LogP contribution is 2.14. The molecule has 0 bridgehead atoms. The van der Waals surface area contributed by atoms with E-state index in [1.807, 2.05) is 0 Å². The average molecular weight is 259 g/mol. The van der Waals surface area contributed by atoms with E-state index in [1.54, 1.807) is 14.0 Å². The largest absolute Gasteiger partial charge is 0.480 e. The Bertz CT molecular complexity index is 229. The average Bonchev–Trinajstić information content (AvgIpc) is 2.37. The van der Waals surface area contributed by atoms with Gasteiger partial charge in [-0.2, -0.15) is 0 Å². The van der Waals surface area contributed by atoms with Crippen LogP contribution in [0.3, 0.4) is 0 Å². The SMILES string of the molecule is CCC(CC)COCCCCC(C)(NC)C(=O)O. The Labute approximate surface area is 111 Å². The number of ether oxygens (including phenoxy) is 1. The number of rotatable bonds is 11. The molecule has 0 aliphatic rings. The van der Waals surface area contributed by atoms with Crippen LogP contribution in [-0.2, 0) is 9.53 Å². The van der Waals surface area contributed by atoms with Crippen molar-refractivity contribution in [3.8, 4) is 0 Å². The molecule has 0 rings (SSSR count). The number of hydrogen-bond acceptors (Lipinski definition) is 3. The second kappa shape index (κ2) is 9.34. The van der Waals surface area contributed by atoms with Gasteiger partial charge in [0.25, 0.3) is 0 Å². The first-order valence-electron chi connectivity index (χ1n) is 7.00. The summed E-state index contributed by atoms with van der Waals surface area (Å²) in [6, 6.07) is 0. The van der Waals surface area contributed by atoms with Crippen LogP contribution in [0.2, 0.25) is 0 Å². The number of carboxylic acids is 1. The first-order valence-corrected chi connectivity index (χ1v) is 7.00. The topological polar surface area (TPSA) is 58.6 Å². The summed E-state index contributed by atoms with van der Waals surface area (Å²) in [4.78, 5) is 11.0. The van der Waals surface area contributed by atoms with Crippen molar-refractivity contribution >= 4 is 5.97 Å². The minimum atomic E-state index is -0.810. The number of likely N-dealkylation sites (N-methyl/N-ethyl adjacent to an activating group) is 1. The molecule has 108 valence electrons. The molecular weight excluding hydrogens is 230 g/mol. The zero-order valence-electron chi connectivity index (χ0n) is 12.3. The van der Waals surface area contributed by atoms with Crippen LogP contribution in [0.15, 0.2) is 0 Å². The van der Waals surface area contributed by atoms with E-state index in [0.29, 0.717) is 12.3 Å². The van der Waals surface area contributed by atoms with Gasteiger partial charge in [0.15, 0.2) is 0 Å². The molecule has 0 aromatic rings. The number of nitrogens with one attached hydrogen (secondary N) is 1. The fourth-order valence-electron chi connectivity index (χ4n) is 1.80. The summed E-state index contributed by atoms with van der Waals surface area (Å²) in [6.45, 7) is 7.65. The van der Waals surface area contributed by atoms with Gasteiger partial charge in [0, 0.05) is 13.2 Å². The molecule has 0 aliphatic carbocycles. The van der Waals surface area contributed by atoms with Crippen LogP contribution in [0.4, 0.5) is 0 Å². The van der Waals surface area contributed by atoms with Gasteiger partial charge in [0.05, 0.1) is 0 Å². The Morgan fingerprint density at radius 3 is 2.39 bits per heavy atom. The number of carboxylic acid groups (broad SMARTS) is 1. The molecule has 0 radical (unpaired) electrons. The quantitative estimate of drug-likeness (QED) is 0.560. The van der Waals surface area contributed by atoms with Crippen LogP contribution in [0.5, 0.6) is 0 Å². The Balaban J connectivity index is 3.65. The van der Waals surface area contributed by atoms with Crippen LogP contribution in [-0.4, -0.2) is 36.9 Å². The zero-order valence-corrected chi connectivity index (χ0v) is 12.3. The van der Waals surface area contributed by atoms with Gasteiger partial charge in [0.1, 0.15) is 5.54 Å². The standard InChI is InChI=1S/C14H29NO3/c1-5-12(6-2)11-18-10-8-7-9-14(3,15-4)13(16)17/h12,15H,5-11H2,1-4H3,(H,16,17). The summed E-state index contributed by atoms with van der Waals surface area (Å²) in [5, 5.41) is 11.9. The lowest BCUT2D eigenvalue weighted by Crippen LogP contribution is -2.47. The van der Waals surface area contributed by atoms with Gasteiger partial charge in [-0.05, 0) is 39.2 Å². The number of carbonyl (C=O) groups is 1. The molecule has 18 heavy (non-hydrogen) atoms. The zero-order chi connectivity index (χ0) is 14.0. The van der Waals surface area contributed by atoms with Crippen LogP contribution >= 0.6 is 0 Å². The maximum atomic E-state index is 11.0. The van der Waals surface area contributed by atoms with E-state index in [9.17, 15) is 4.79 Å². The minimum Gasteiger partial charge on any atom is -0.480 e. The van der Waals surface area contributed by atoms with Crippen molar-refractivity contribution in [3.05, 3.63) is 0 Å². The number of aliphatic carboxylic acids is 1. The number of unbranched alkanes of at least 4 members (excludes halogenated alkanes) is 1. The second-order valence-electron chi connectivity index (χ2n) is 5.10. The van der Waals surface area contributed by atoms with E-state index in [2.05, 4.69) is 19.2 Å². The van der Waals surface area contributed by atoms with Crippen molar-refractivity contribution in [1.82, 2.24) is 5.32 Å². The Morgan fingerprint density at radius 1 is 1.33 bits per heavy atom. The van der Waals surface area contributed by atoms with Crippen molar-refractivity contribution in [3.63, 3.8) is 0 Å². The molecule has 1 unspecified atom stereocenters. The highest BCUT2D eigenvalue weighted by molar-refractivity contribution is 5.78. The Kier molecular flexibility index (Phi) is 9.02. The normalized spacial score (nSPS) is 14.7. The molecule has 0 spiro atoms. The number of hydrogen-bond donors (Lipinski definition) is 2. The van der Waals surface area contributed by atoms with Crippen LogP contribution < -0.4 is 5.32 Å². The summed E-state index contributed by atoms with van der Waals surface area (Å²) in [7, 11) is 1.69. The molecule has 2 N–H and O–H groups in total. The van der Waals surface area contributed by atoms with Gasteiger partial charge in [-0.15, -0.1) is 0 Å². The smallest absolute Gasteiger partial charge is 0.323 e. The minimum absolute atomic E-state index is 0.632. The fraction of sp³-hybridized carbons (Fsp3) is 0.929. The predicted octanol–water partition coefficient (Wildman–Crippen LogP) is 2.67. The predicted molar refractivity (Wildman–Crippen MR) is 73.8 cm³/mol. The molecule has 0 aromatic carbocycles. The molecule has 0 saturated carbocycles. The van der Waals surface area contributed by atoms with Crippen molar-refractivity contribution in [1.29, 1.82) is 0 Å². The van der Waals surface area contributed by atoms with Crippen LogP contribution in [0.25, 0.3) is 0 Å². The van der Waals surface area contributed by atoms with Gasteiger partial charge in [-0.3, -0.25) is 4.79 Å². The van der Waals surface area contributed by atoms with Gasteiger partial charge in [-0.25, -0.2) is 0 Å². The van der Waals surface area contributed by atoms with E-state index in [1.165, 1.54) is 0 Å². The Morgan fingerprint density at radius 2 is 1.94 bits per heavy atom. The summed E-state index contributed by atoms with van der Waals surface area (Å²) in [5.41, 5.74) is -0.810. The molecule has 0 heterocycles. The highest BCUT2D eigenvalue weighted by atomic mass is 16.5. The lowest BCUT2D eigenvalue weighted by atomic mass is 9.95. The van der Waals surface area contributed by atoms with Crippen molar-refractivity contribution in [2.45, 2.75) is 58.4 Å². The van der Waals surface area contributed by atoms with E-state index >= 15 is 0 Å². The summed E-state index contributed by atoms with van der Waals surface area (Å²) in [5.74, 6) is -0.130. The fourth-order valence-corrected chi connectivity index (χ4v) is 1.80. The molecule has 4 heteroatoms. The molecule has 1 atom stereocenters. The maximum Gasteiger partial charge on any atom is 0.323 e. The third-order valence-electron chi connectivity index (χ3n) is 3.75.